The maximum Gasteiger partial charge on any atom is 0.276 e. The van der Waals surface area contributed by atoms with Gasteiger partial charge in [0.25, 0.3) is 5.91 Å². The number of hydrogen-bond acceptors (Lipinski definition) is 6. The van der Waals surface area contributed by atoms with E-state index in [0.29, 0.717) is 11.5 Å². The Kier molecular flexibility index (Phi) is 5.39. The molecule has 0 radical (unpaired) electrons. The van der Waals surface area contributed by atoms with Crippen LogP contribution in [0.25, 0.3) is 11.5 Å². The van der Waals surface area contributed by atoms with Crippen molar-refractivity contribution in [3.05, 3.63) is 58.4 Å². The molecule has 0 spiro atoms. The van der Waals surface area contributed by atoms with Gasteiger partial charge in [-0.2, -0.15) is 4.31 Å². The monoisotopic (exact) mass is 455 g/mol. The molecule has 152 valence electrons. The van der Waals surface area contributed by atoms with Gasteiger partial charge in [0.2, 0.25) is 15.8 Å². The van der Waals surface area contributed by atoms with Gasteiger partial charge in [0, 0.05) is 32.2 Å². The normalized spacial score (nSPS) is 15.6. The Morgan fingerprint density at radius 3 is 2.41 bits per heavy atom. The predicted molar refractivity (Wildman–Crippen MR) is 105 cm³/mol. The fourth-order valence-corrected chi connectivity index (χ4v) is 4.80. The van der Waals surface area contributed by atoms with Gasteiger partial charge in [-0.25, -0.2) is 8.42 Å². The molecule has 8 nitrogen and oxygen atoms in total. The molecule has 3 heterocycles. The SMILES string of the molecule is O=C(c1cc(-c2ccco2)on1)N1CCN(S(=O)(=O)c2ccc(Cl)c(Cl)c2)CC1. The van der Waals surface area contributed by atoms with Crippen LogP contribution in [0.15, 0.2) is 56.5 Å². The highest BCUT2D eigenvalue weighted by Gasteiger charge is 2.31. The van der Waals surface area contributed by atoms with Gasteiger partial charge in [0.1, 0.15) is 0 Å². The molecule has 0 N–H and O–H groups in total. The Morgan fingerprint density at radius 1 is 1.00 bits per heavy atom. The first kappa shape index (κ1) is 20.0. The topological polar surface area (TPSA) is 96.9 Å². The Balaban J connectivity index is 1.43. The molecule has 1 aliphatic heterocycles. The summed E-state index contributed by atoms with van der Waals surface area (Å²) in [5.41, 5.74) is 0.136. The molecule has 2 aromatic heterocycles. The van der Waals surface area contributed by atoms with E-state index < -0.39 is 10.0 Å². The number of furan rings is 1. The van der Waals surface area contributed by atoms with Gasteiger partial charge in [-0.05, 0) is 30.3 Å². The van der Waals surface area contributed by atoms with Crippen LogP contribution in [0.5, 0.6) is 0 Å². The van der Waals surface area contributed by atoms with E-state index in [1.807, 2.05) is 0 Å². The predicted octanol–water partition coefficient (Wildman–Crippen LogP) is 3.39. The van der Waals surface area contributed by atoms with Crippen LogP contribution in [0, 0.1) is 0 Å². The Morgan fingerprint density at radius 2 is 1.76 bits per heavy atom. The van der Waals surface area contributed by atoms with Crippen LogP contribution in [0.2, 0.25) is 10.0 Å². The van der Waals surface area contributed by atoms with Crippen LogP contribution in [-0.4, -0.2) is 54.9 Å². The minimum absolute atomic E-state index is 0.0614. The summed E-state index contributed by atoms with van der Waals surface area (Å²) in [7, 11) is -3.73. The lowest BCUT2D eigenvalue weighted by Crippen LogP contribution is -2.50. The van der Waals surface area contributed by atoms with E-state index in [0.717, 1.165) is 0 Å². The maximum absolute atomic E-state index is 12.8. The molecule has 0 atom stereocenters. The van der Waals surface area contributed by atoms with Crippen molar-refractivity contribution in [1.29, 1.82) is 0 Å². The Bertz CT molecular complexity index is 1140. The van der Waals surface area contributed by atoms with E-state index in [2.05, 4.69) is 5.16 Å². The van der Waals surface area contributed by atoms with Gasteiger partial charge < -0.3 is 13.8 Å². The molecule has 0 unspecified atom stereocenters. The molecule has 0 saturated carbocycles. The summed E-state index contributed by atoms with van der Waals surface area (Å²) in [5, 5.41) is 4.24. The number of carbonyl (C=O) groups excluding carboxylic acids is 1. The molecule has 1 amide bonds. The molecular weight excluding hydrogens is 441 g/mol. The summed E-state index contributed by atoms with van der Waals surface area (Å²) in [6.45, 7) is 0.749. The third-order valence-corrected chi connectivity index (χ3v) is 7.18. The van der Waals surface area contributed by atoms with E-state index in [4.69, 9.17) is 32.1 Å². The Labute approximate surface area is 176 Å². The number of halogens is 2. The fraction of sp³-hybridized carbons (Fsp3) is 0.222. The molecule has 1 aromatic carbocycles. The first-order chi connectivity index (χ1) is 13.9. The van der Waals surface area contributed by atoms with E-state index in [1.54, 1.807) is 12.1 Å². The van der Waals surface area contributed by atoms with Crippen LogP contribution in [0.3, 0.4) is 0 Å². The lowest BCUT2D eigenvalue weighted by atomic mass is 10.2. The van der Waals surface area contributed by atoms with Crippen molar-refractivity contribution in [2.45, 2.75) is 4.90 Å². The summed E-state index contributed by atoms with van der Waals surface area (Å²) < 4.78 is 37.3. The van der Waals surface area contributed by atoms with Crippen LogP contribution in [0.4, 0.5) is 0 Å². The zero-order valence-corrected chi connectivity index (χ0v) is 17.2. The van der Waals surface area contributed by atoms with Crippen molar-refractivity contribution in [3.63, 3.8) is 0 Å². The van der Waals surface area contributed by atoms with Crippen molar-refractivity contribution in [2.24, 2.45) is 0 Å². The molecule has 1 saturated heterocycles. The number of carbonyl (C=O) groups is 1. The number of benzene rings is 1. The van der Waals surface area contributed by atoms with Crippen LogP contribution < -0.4 is 0 Å². The molecule has 4 rings (SSSR count). The second-order valence-corrected chi connectivity index (χ2v) is 9.08. The highest BCUT2D eigenvalue weighted by molar-refractivity contribution is 7.89. The summed E-state index contributed by atoms with van der Waals surface area (Å²) in [6.07, 6.45) is 1.49. The molecule has 0 aliphatic carbocycles. The van der Waals surface area contributed by atoms with E-state index in [1.165, 1.54) is 39.7 Å². The number of sulfonamides is 1. The lowest BCUT2D eigenvalue weighted by Gasteiger charge is -2.33. The number of rotatable bonds is 4. The van der Waals surface area contributed by atoms with Crippen molar-refractivity contribution in [2.75, 3.05) is 26.2 Å². The van der Waals surface area contributed by atoms with Gasteiger partial charge >= 0.3 is 0 Å². The third-order valence-electron chi connectivity index (χ3n) is 4.55. The van der Waals surface area contributed by atoms with Gasteiger partial charge in [-0.15, -0.1) is 0 Å². The summed E-state index contributed by atoms with van der Waals surface area (Å²) in [5.74, 6) is 0.478. The van der Waals surface area contributed by atoms with Gasteiger partial charge in [0.05, 0.1) is 21.2 Å². The van der Waals surface area contributed by atoms with E-state index in [9.17, 15) is 13.2 Å². The van der Waals surface area contributed by atoms with Crippen LogP contribution in [0.1, 0.15) is 10.5 Å². The van der Waals surface area contributed by atoms with Crippen molar-refractivity contribution in [3.8, 4) is 11.5 Å². The molecule has 1 aliphatic rings. The Hall–Kier alpha value is -2.33. The quantitative estimate of drug-likeness (QED) is 0.597. The summed E-state index contributed by atoms with van der Waals surface area (Å²) in [6, 6.07) is 9.07. The summed E-state index contributed by atoms with van der Waals surface area (Å²) in [4.78, 5) is 14.3. The van der Waals surface area contributed by atoms with Crippen LogP contribution >= 0.6 is 23.2 Å². The minimum Gasteiger partial charge on any atom is -0.461 e. The summed E-state index contributed by atoms with van der Waals surface area (Å²) >= 11 is 11.8. The van der Waals surface area contributed by atoms with Crippen molar-refractivity contribution < 1.29 is 22.2 Å². The van der Waals surface area contributed by atoms with E-state index in [-0.39, 0.29) is 52.7 Å². The van der Waals surface area contributed by atoms with Crippen molar-refractivity contribution in [1.82, 2.24) is 14.4 Å². The van der Waals surface area contributed by atoms with Gasteiger partial charge in [-0.3, -0.25) is 4.79 Å². The molecule has 3 aromatic rings. The highest BCUT2D eigenvalue weighted by atomic mass is 35.5. The number of aromatic nitrogens is 1. The second-order valence-electron chi connectivity index (χ2n) is 6.33. The molecule has 0 bridgehead atoms. The standard InChI is InChI=1S/C18H15Cl2N3O5S/c19-13-4-3-12(10-14(13)20)29(25,26)23-7-5-22(6-8-23)18(24)15-11-17(28-21-15)16-2-1-9-27-16/h1-4,9-11H,5-8H2. The molecule has 29 heavy (non-hydrogen) atoms. The van der Waals surface area contributed by atoms with Crippen molar-refractivity contribution >= 4 is 39.1 Å². The third kappa shape index (κ3) is 3.91. The molecule has 1 fully saturated rings. The number of amides is 1. The van der Waals surface area contributed by atoms with E-state index >= 15 is 0 Å². The van der Waals surface area contributed by atoms with Gasteiger partial charge in [0.15, 0.2) is 11.5 Å². The number of nitrogens with zero attached hydrogens (tertiary/aromatic N) is 3. The average molecular weight is 456 g/mol. The van der Waals surface area contributed by atoms with Crippen LogP contribution in [-0.2, 0) is 10.0 Å². The zero-order valence-electron chi connectivity index (χ0n) is 14.9. The molecular formula is C18H15Cl2N3O5S. The molecule has 11 heteroatoms. The smallest absolute Gasteiger partial charge is 0.276 e. The number of hydrogen-bond donors (Lipinski definition) is 0. The second kappa shape index (κ2) is 7.83. The lowest BCUT2D eigenvalue weighted by molar-refractivity contribution is 0.0687. The maximum atomic E-state index is 12.8. The first-order valence-corrected chi connectivity index (χ1v) is 10.8. The largest absolute Gasteiger partial charge is 0.461 e. The average Bonchev–Trinajstić information content (AvgIpc) is 3.41. The highest BCUT2D eigenvalue weighted by Crippen LogP contribution is 2.27. The fourth-order valence-electron chi connectivity index (χ4n) is 2.99. The number of piperazine rings is 1. The van der Waals surface area contributed by atoms with Gasteiger partial charge in [-0.1, -0.05) is 28.4 Å². The minimum atomic E-state index is -3.73. The first-order valence-electron chi connectivity index (χ1n) is 8.61. The zero-order chi connectivity index (χ0) is 20.6.